The molecule has 2 atom stereocenters. The number of ether oxygens (including phenoxy) is 2. The second-order valence-corrected chi connectivity index (χ2v) is 15.0. The first-order valence-corrected chi connectivity index (χ1v) is 19.6. The zero-order chi connectivity index (χ0) is 40.3. The first-order chi connectivity index (χ1) is 28.1. The van der Waals surface area contributed by atoms with Crippen molar-refractivity contribution in [1.82, 2.24) is 29.1 Å². The molecule has 0 radical (unpaired) electrons. The van der Waals surface area contributed by atoms with Crippen LogP contribution in [0.3, 0.4) is 0 Å². The Balaban J connectivity index is 0.928. The van der Waals surface area contributed by atoms with Crippen LogP contribution in [0.4, 0.5) is 23.3 Å². The maximum absolute atomic E-state index is 13.9. The SMILES string of the molecule is CC(C)Oc1ccc(Nc2ncc3ccn(-c4ccc(C(C)C(=O)C(C)c5ccc(-n6ccc7cnc(Nc8ccc(OC(C)C)cc8)nc76)cc5)cc4)c3n2)cc1. The van der Waals surface area contributed by atoms with E-state index in [9.17, 15) is 4.79 Å². The van der Waals surface area contributed by atoms with E-state index in [4.69, 9.17) is 19.4 Å². The van der Waals surface area contributed by atoms with Gasteiger partial charge in [0.1, 0.15) is 28.6 Å². The number of ketones is 1. The summed E-state index contributed by atoms with van der Waals surface area (Å²) in [5, 5.41) is 8.44. The van der Waals surface area contributed by atoms with Crippen molar-refractivity contribution in [2.45, 2.75) is 65.6 Å². The summed E-state index contributed by atoms with van der Waals surface area (Å²) in [6.45, 7) is 12.0. The Hall–Kier alpha value is -7.01. The minimum atomic E-state index is -0.296. The van der Waals surface area contributed by atoms with Gasteiger partial charge in [0.05, 0.1) is 12.2 Å². The monoisotopic (exact) mass is 770 g/mol. The third-order valence-electron chi connectivity index (χ3n) is 10.0. The standard InChI is InChI=1S/C47H46N8O3/c1-29(2)57-41-19-11-37(12-20-41)50-46-48-27-35-23-25-54(44(35)52-46)39-15-7-33(8-16-39)31(5)43(56)32(6)34-9-17-40(18-10-34)55-26-24-36-28-49-47(53-45(36)55)51-38-13-21-42(22-14-38)58-30(3)4/h7-32H,1-6H3,(H,48,50,52)(H,49,51,53). The molecule has 11 nitrogen and oxygen atoms in total. The van der Waals surface area contributed by atoms with Gasteiger partial charge in [0.2, 0.25) is 11.9 Å². The summed E-state index contributed by atoms with van der Waals surface area (Å²) < 4.78 is 15.6. The predicted molar refractivity (Wildman–Crippen MR) is 231 cm³/mol. The maximum Gasteiger partial charge on any atom is 0.229 e. The van der Waals surface area contributed by atoms with Crippen molar-refractivity contribution in [3.8, 4) is 22.9 Å². The number of anilines is 4. The van der Waals surface area contributed by atoms with Gasteiger partial charge in [0, 0.05) is 70.1 Å². The van der Waals surface area contributed by atoms with Crippen LogP contribution in [0.5, 0.6) is 11.5 Å². The highest BCUT2D eigenvalue weighted by molar-refractivity contribution is 5.91. The number of carbonyl (C=O) groups is 1. The summed E-state index contributed by atoms with van der Waals surface area (Å²) in [4.78, 5) is 32.5. The number of hydrogen-bond donors (Lipinski definition) is 2. The Kier molecular flexibility index (Phi) is 10.6. The van der Waals surface area contributed by atoms with E-state index in [2.05, 4.69) is 20.6 Å². The molecule has 4 aromatic heterocycles. The number of hydrogen-bond acceptors (Lipinski definition) is 9. The normalized spacial score (nSPS) is 12.6. The zero-order valence-corrected chi connectivity index (χ0v) is 33.4. The van der Waals surface area contributed by atoms with Gasteiger partial charge in [-0.25, -0.2) is 9.97 Å². The Morgan fingerprint density at radius 3 is 1.26 bits per heavy atom. The molecule has 0 bridgehead atoms. The molecule has 11 heteroatoms. The second-order valence-electron chi connectivity index (χ2n) is 15.0. The number of Topliss-reactive ketones (excluding diaryl/α,β-unsaturated/α-hetero) is 1. The Labute approximate surface area is 337 Å². The molecule has 0 saturated carbocycles. The number of benzene rings is 4. The lowest BCUT2D eigenvalue weighted by atomic mass is 9.86. The van der Waals surface area contributed by atoms with E-state index in [1.165, 1.54) is 0 Å². The van der Waals surface area contributed by atoms with Crippen molar-refractivity contribution in [3.05, 3.63) is 145 Å². The molecule has 0 aliphatic carbocycles. The summed E-state index contributed by atoms with van der Waals surface area (Å²) in [5.74, 6) is 2.18. The van der Waals surface area contributed by atoms with Crippen LogP contribution in [-0.2, 0) is 4.79 Å². The fourth-order valence-electron chi connectivity index (χ4n) is 6.96. The Morgan fingerprint density at radius 1 is 0.517 bits per heavy atom. The van der Waals surface area contributed by atoms with Crippen molar-refractivity contribution in [1.29, 1.82) is 0 Å². The lowest BCUT2D eigenvalue weighted by Gasteiger charge is -2.18. The third-order valence-corrected chi connectivity index (χ3v) is 10.0. The van der Waals surface area contributed by atoms with Crippen LogP contribution in [0.2, 0.25) is 0 Å². The molecule has 58 heavy (non-hydrogen) atoms. The van der Waals surface area contributed by atoms with Gasteiger partial charge in [-0.1, -0.05) is 38.1 Å². The predicted octanol–water partition coefficient (Wildman–Crippen LogP) is 10.7. The number of aromatic nitrogens is 6. The van der Waals surface area contributed by atoms with Crippen LogP contribution < -0.4 is 20.1 Å². The van der Waals surface area contributed by atoms with Crippen molar-refractivity contribution in [2.75, 3.05) is 10.6 Å². The maximum atomic E-state index is 13.9. The van der Waals surface area contributed by atoms with Crippen molar-refractivity contribution in [3.63, 3.8) is 0 Å². The highest BCUT2D eigenvalue weighted by Gasteiger charge is 2.23. The average Bonchev–Trinajstić information content (AvgIpc) is 3.85. The van der Waals surface area contributed by atoms with Crippen molar-refractivity contribution in [2.24, 2.45) is 0 Å². The summed E-state index contributed by atoms with van der Waals surface area (Å²) in [6.07, 6.45) is 7.82. The largest absolute Gasteiger partial charge is 0.491 e. The molecular formula is C47H46N8O3. The van der Waals surface area contributed by atoms with Gasteiger partial charge in [0.15, 0.2) is 0 Å². The van der Waals surface area contributed by atoms with Gasteiger partial charge < -0.3 is 29.2 Å². The zero-order valence-electron chi connectivity index (χ0n) is 33.4. The third kappa shape index (κ3) is 8.24. The summed E-state index contributed by atoms with van der Waals surface area (Å²) >= 11 is 0. The van der Waals surface area contributed by atoms with E-state index in [1.54, 1.807) is 0 Å². The molecule has 2 unspecified atom stereocenters. The smallest absolute Gasteiger partial charge is 0.229 e. The topological polar surface area (TPSA) is 121 Å². The van der Waals surface area contributed by atoms with Gasteiger partial charge in [-0.05, 0) is 124 Å². The van der Waals surface area contributed by atoms with E-state index >= 15 is 0 Å². The van der Waals surface area contributed by atoms with Crippen LogP contribution in [0.25, 0.3) is 33.4 Å². The number of fused-ring (bicyclic) bond motifs is 2. The molecule has 8 rings (SSSR count). The highest BCUT2D eigenvalue weighted by atomic mass is 16.5. The molecule has 2 N–H and O–H groups in total. The van der Waals surface area contributed by atoms with E-state index in [0.29, 0.717) is 11.9 Å². The first-order valence-electron chi connectivity index (χ1n) is 19.6. The Bertz CT molecular complexity index is 2480. The Morgan fingerprint density at radius 2 is 0.897 bits per heavy atom. The van der Waals surface area contributed by atoms with Gasteiger partial charge >= 0.3 is 0 Å². The van der Waals surface area contributed by atoms with Crippen molar-refractivity contribution >= 4 is 51.1 Å². The molecule has 4 heterocycles. The molecule has 0 saturated heterocycles. The highest BCUT2D eigenvalue weighted by Crippen LogP contribution is 2.30. The van der Waals surface area contributed by atoms with E-state index < -0.39 is 0 Å². The van der Waals surface area contributed by atoms with Crippen LogP contribution in [0.15, 0.2) is 134 Å². The van der Waals surface area contributed by atoms with Crippen LogP contribution in [-0.4, -0.2) is 47.1 Å². The number of nitrogens with one attached hydrogen (secondary N) is 2. The second kappa shape index (κ2) is 16.2. The van der Waals surface area contributed by atoms with E-state index in [1.807, 2.05) is 185 Å². The molecule has 0 fully saturated rings. The molecule has 4 aromatic carbocycles. The number of nitrogens with zero attached hydrogens (tertiary/aromatic N) is 6. The fourth-order valence-corrected chi connectivity index (χ4v) is 6.96. The van der Waals surface area contributed by atoms with Gasteiger partial charge in [-0.15, -0.1) is 0 Å². The molecule has 8 aromatic rings. The minimum Gasteiger partial charge on any atom is -0.491 e. The first kappa shape index (κ1) is 37.9. The molecule has 0 aliphatic rings. The summed E-state index contributed by atoms with van der Waals surface area (Å²) in [7, 11) is 0. The molecule has 0 spiro atoms. The van der Waals surface area contributed by atoms with Gasteiger partial charge in [-0.3, -0.25) is 4.79 Å². The summed E-state index contributed by atoms with van der Waals surface area (Å²) in [5.41, 5.74) is 7.09. The minimum absolute atomic E-state index is 0.109. The molecule has 0 aliphatic heterocycles. The fraction of sp³-hybridized carbons (Fsp3) is 0.213. The lowest BCUT2D eigenvalue weighted by Crippen LogP contribution is -2.16. The van der Waals surface area contributed by atoms with Crippen LogP contribution >= 0.6 is 0 Å². The van der Waals surface area contributed by atoms with E-state index in [-0.39, 0.29) is 29.8 Å². The lowest BCUT2D eigenvalue weighted by molar-refractivity contribution is -0.121. The summed E-state index contributed by atoms with van der Waals surface area (Å²) in [6, 6.07) is 35.7. The number of rotatable bonds is 14. The quantitative estimate of drug-likeness (QED) is 0.111. The molecule has 292 valence electrons. The molecular weight excluding hydrogens is 725 g/mol. The van der Waals surface area contributed by atoms with Gasteiger partial charge in [-0.2, -0.15) is 9.97 Å². The van der Waals surface area contributed by atoms with Crippen LogP contribution in [0, 0.1) is 0 Å². The number of carbonyl (C=O) groups excluding carboxylic acids is 1. The van der Waals surface area contributed by atoms with Crippen molar-refractivity contribution < 1.29 is 14.3 Å². The average molecular weight is 771 g/mol. The van der Waals surface area contributed by atoms with E-state index in [0.717, 1.165) is 67.4 Å². The van der Waals surface area contributed by atoms with Crippen LogP contribution in [0.1, 0.15) is 64.5 Å². The van der Waals surface area contributed by atoms with Gasteiger partial charge in [0.25, 0.3) is 0 Å². The molecule has 0 amide bonds.